The summed E-state index contributed by atoms with van der Waals surface area (Å²) in [6.07, 6.45) is 3.77. The first-order valence-corrected chi connectivity index (χ1v) is 7.79. The molecule has 0 aromatic heterocycles. The van der Waals surface area contributed by atoms with Crippen LogP contribution in [-0.4, -0.2) is 54.4 Å². The number of amides is 2. The SMILES string of the molecule is CC(C)C1(CNC(=O)N2CCC(OCC(=O)O)CC2)CC1. The van der Waals surface area contributed by atoms with Crippen LogP contribution in [0.2, 0.25) is 0 Å². The minimum atomic E-state index is -0.946. The fourth-order valence-corrected chi connectivity index (χ4v) is 2.90. The Hall–Kier alpha value is -1.30. The zero-order chi connectivity index (χ0) is 15.5. The zero-order valence-corrected chi connectivity index (χ0v) is 12.9. The van der Waals surface area contributed by atoms with Crippen LogP contribution in [0.4, 0.5) is 4.79 Å². The van der Waals surface area contributed by atoms with Crippen molar-refractivity contribution >= 4 is 12.0 Å². The van der Waals surface area contributed by atoms with Crippen molar-refractivity contribution in [2.75, 3.05) is 26.2 Å². The Bertz CT molecular complexity index is 385. The van der Waals surface area contributed by atoms with Gasteiger partial charge in [-0.05, 0) is 37.0 Å². The van der Waals surface area contributed by atoms with Gasteiger partial charge in [0.15, 0.2) is 0 Å². The van der Waals surface area contributed by atoms with E-state index in [9.17, 15) is 9.59 Å². The Morgan fingerprint density at radius 2 is 1.95 bits per heavy atom. The van der Waals surface area contributed by atoms with Gasteiger partial charge in [0.05, 0.1) is 6.10 Å². The van der Waals surface area contributed by atoms with Crippen LogP contribution < -0.4 is 5.32 Å². The maximum Gasteiger partial charge on any atom is 0.329 e. The minimum Gasteiger partial charge on any atom is -0.480 e. The number of hydrogen-bond donors (Lipinski definition) is 2. The first-order chi connectivity index (χ1) is 9.93. The van der Waals surface area contributed by atoms with E-state index >= 15 is 0 Å². The average Bonchev–Trinajstić information content (AvgIpc) is 3.24. The first kappa shape index (κ1) is 16.1. The van der Waals surface area contributed by atoms with Gasteiger partial charge in [-0.1, -0.05) is 13.8 Å². The number of carbonyl (C=O) groups is 2. The third-order valence-corrected chi connectivity index (χ3v) is 4.88. The van der Waals surface area contributed by atoms with Gasteiger partial charge in [-0.3, -0.25) is 0 Å². The van der Waals surface area contributed by atoms with Crippen molar-refractivity contribution in [3.8, 4) is 0 Å². The number of likely N-dealkylation sites (tertiary alicyclic amines) is 1. The highest BCUT2D eigenvalue weighted by Crippen LogP contribution is 2.51. The van der Waals surface area contributed by atoms with Gasteiger partial charge in [0.2, 0.25) is 0 Å². The molecule has 0 bridgehead atoms. The number of carboxylic acid groups (broad SMARTS) is 1. The summed E-state index contributed by atoms with van der Waals surface area (Å²) in [6.45, 7) is 6.19. The van der Waals surface area contributed by atoms with Gasteiger partial charge in [0, 0.05) is 19.6 Å². The molecule has 1 heterocycles. The van der Waals surface area contributed by atoms with Crippen LogP contribution >= 0.6 is 0 Å². The number of ether oxygens (including phenoxy) is 1. The molecular formula is C15H26N2O4. The Kier molecular flexibility index (Phi) is 5.08. The van der Waals surface area contributed by atoms with E-state index in [4.69, 9.17) is 9.84 Å². The molecule has 2 amide bonds. The summed E-state index contributed by atoms with van der Waals surface area (Å²) in [6, 6.07) is -0.00129. The molecular weight excluding hydrogens is 272 g/mol. The predicted octanol–water partition coefficient (Wildman–Crippen LogP) is 1.70. The molecule has 0 spiro atoms. The van der Waals surface area contributed by atoms with Crippen molar-refractivity contribution in [3.05, 3.63) is 0 Å². The molecule has 21 heavy (non-hydrogen) atoms. The first-order valence-electron chi connectivity index (χ1n) is 7.79. The molecule has 1 aliphatic heterocycles. The summed E-state index contributed by atoms with van der Waals surface area (Å²) in [5, 5.41) is 11.6. The van der Waals surface area contributed by atoms with E-state index in [0.29, 0.717) is 37.3 Å². The number of urea groups is 1. The molecule has 1 saturated carbocycles. The zero-order valence-electron chi connectivity index (χ0n) is 12.9. The second-order valence-electron chi connectivity index (χ2n) is 6.57. The number of carboxylic acids is 1. The molecule has 0 aromatic carbocycles. The van der Waals surface area contributed by atoms with Crippen LogP contribution in [0.25, 0.3) is 0 Å². The smallest absolute Gasteiger partial charge is 0.329 e. The largest absolute Gasteiger partial charge is 0.480 e. The number of aliphatic carboxylic acids is 1. The second-order valence-corrected chi connectivity index (χ2v) is 6.57. The summed E-state index contributed by atoms with van der Waals surface area (Å²) in [5.74, 6) is -0.341. The molecule has 0 radical (unpaired) electrons. The maximum absolute atomic E-state index is 12.1. The number of piperidine rings is 1. The van der Waals surface area contributed by atoms with Crippen LogP contribution in [0, 0.1) is 11.3 Å². The standard InChI is InChI=1S/C15H26N2O4/c1-11(2)15(5-6-15)10-16-14(20)17-7-3-12(4-8-17)21-9-13(18)19/h11-12H,3-10H2,1-2H3,(H,16,20)(H,18,19). The summed E-state index contributed by atoms with van der Waals surface area (Å²) in [4.78, 5) is 24.4. The molecule has 2 N–H and O–H groups in total. The molecule has 2 fully saturated rings. The van der Waals surface area contributed by atoms with E-state index in [1.807, 2.05) is 0 Å². The molecule has 0 unspecified atom stereocenters. The third-order valence-electron chi connectivity index (χ3n) is 4.88. The monoisotopic (exact) mass is 298 g/mol. The van der Waals surface area contributed by atoms with Crippen molar-refractivity contribution in [1.82, 2.24) is 10.2 Å². The average molecular weight is 298 g/mol. The van der Waals surface area contributed by atoms with E-state index < -0.39 is 5.97 Å². The van der Waals surface area contributed by atoms with Crippen molar-refractivity contribution in [3.63, 3.8) is 0 Å². The quantitative estimate of drug-likeness (QED) is 0.782. The highest BCUT2D eigenvalue weighted by molar-refractivity contribution is 5.74. The number of nitrogens with zero attached hydrogens (tertiary/aromatic N) is 1. The lowest BCUT2D eigenvalue weighted by Crippen LogP contribution is -2.47. The maximum atomic E-state index is 12.1. The fourth-order valence-electron chi connectivity index (χ4n) is 2.90. The number of rotatable bonds is 6. The molecule has 1 saturated heterocycles. The molecule has 2 aliphatic rings. The number of hydrogen-bond acceptors (Lipinski definition) is 3. The van der Waals surface area contributed by atoms with Gasteiger partial charge in [0.1, 0.15) is 6.61 Å². The fraction of sp³-hybridized carbons (Fsp3) is 0.867. The van der Waals surface area contributed by atoms with E-state index in [1.165, 1.54) is 12.8 Å². The Labute approximate surface area is 125 Å². The van der Waals surface area contributed by atoms with Crippen LogP contribution in [0.15, 0.2) is 0 Å². The molecule has 0 atom stereocenters. The number of carbonyl (C=O) groups excluding carboxylic acids is 1. The van der Waals surface area contributed by atoms with Crippen LogP contribution in [0.3, 0.4) is 0 Å². The summed E-state index contributed by atoms with van der Waals surface area (Å²) < 4.78 is 5.27. The highest BCUT2D eigenvalue weighted by atomic mass is 16.5. The van der Waals surface area contributed by atoms with Crippen molar-refractivity contribution < 1.29 is 19.4 Å². The molecule has 120 valence electrons. The minimum absolute atomic E-state index is 0.00129. The Balaban J connectivity index is 1.67. The number of nitrogens with one attached hydrogen (secondary N) is 1. The van der Waals surface area contributed by atoms with E-state index in [1.54, 1.807) is 4.90 Å². The summed E-state index contributed by atoms with van der Waals surface area (Å²) >= 11 is 0. The Morgan fingerprint density at radius 1 is 1.33 bits per heavy atom. The van der Waals surface area contributed by atoms with Crippen LogP contribution in [0.5, 0.6) is 0 Å². The topological polar surface area (TPSA) is 78.9 Å². The van der Waals surface area contributed by atoms with Gasteiger partial charge in [-0.2, -0.15) is 0 Å². The highest BCUT2D eigenvalue weighted by Gasteiger charge is 2.45. The molecule has 6 nitrogen and oxygen atoms in total. The van der Waals surface area contributed by atoms with E-state index in [2.05, 4.69) is 19.2 Å². The van der Waals surface area contributed by atoms with Crippen molar-refractivity contribution in [1.29, 1.82) is 0 Å². The van der Waals surface area contributed by atoms with E-state index in [0.717, 1.165) is 6.54 Å². The second kappa shape index (κ2) is 6.64. The van der Waals surface area contributed by atoms with Crippen molar-refractivity contribution in [2.24, 2.45) is 11.3 Å². The van der Waals surface area contributed by atoms with Gasteiger partial charge >= 0.3 is 12.0 Å². The lowest BCUT2D eigenvalue weighted by atomic mass is 9.92. The van der Waals surface area contributed by atoms with Crippen molar-refractivity contribution in [2.45, 2.75) is 45.6 Å². The van der Waals surface area contributed by atoms with Gasteiger partial charge in [-0.15, -0.1) is 0 Å². The lowest BCUT2D eigenvalue weighted by molar-refractivity contribution is -0.145. The van der Waals surface area contributed by atoms with Crippen LogP contribution in [-0.2, 0) is 9.53 Å². The van der Waals surface area contributed by atoms with Gasteiger partial charge < -0.3 is 20.1 Å². The van der Waals surface area contributed by atoms with Gasteiger partial charge in [0.25, 0.3) is 0 Å². The molecule has 2 rings (SSSR count). The normalized spacial score (nSPS) is 21.4. The Morgan fingerprint density at radius 3 is 2.43 bits per heavy atom. The molecule has 1 aliphatic carbocycles. The van der Waals surface area contributed by atoms with Crippen LogP contribution in [0.1, 0.15) is 39.5 Å². The van der Waals surface area contributed by atoms with Gasteiger partial charge in [-0.25, -0.2) is 9.59 Å². The predicted molar refractivity (Wildman–Crippen MR) is 78.1 cm³/mol. The molecule has 0 aromatic rings. The summed E-state index contributed by atoms with van der Waals surface area (Å²) in [5.41, 5.74) is 0.318. The third kappa shape index (κ3) is 4.33. The van der Waals surface area contributed by atoms with E-state index in [-0.39, 0.29) is 18.7 Å². The lowest BCUT2D eigenvalue weighted by Gasteiger charge is -2.32. The summed E-state index contributed by atoms with van der Waals surface area (Å²) in [7, 11) is 0. The molecule has 6 heteroatoms.